The van der Waals surface area contributed by atoms with Gasteiger partial charge in [-0.25, -0.2) is 4.98 Å². The van der Waals surface area contributed by atoms with Crippen molar-refractivity contribution in [3.8, 4) is 11.4 Å². The first-order chi connectivity index (χ1) is 12.1. The number of aromatic nitrogens is 2. The largest absolute Gasteiger partial charge is 0.251 e. The van der Waals surface area contributed by atoms with Crippen molar-refractivity contribution >= 4 is 10.9 Å². The highest BCUT2D eigenvalue weighted by molar-refractivity contribution is 5.84. The zero-order chi connectivity index (χ0) is 16.8. The van der Waals surface area contributed by atoms with Crippen LogP contribution in [0.5, 0.6) is 0 Å². The molecule has 0 amide bonds. The SMILES string of the molecule is CC1(C)[C@@H]2Cc3nc4c(cc3[C@H]1C2)CCc1cc2ccccc2nc1-4. The van der Waals surface area contributed by atoms with E-state index < -0.39 is 0 Å². The molecule has 2 atom stereocenters. The molecule has 124 valence electrons. The molecule has 2 aromatic heterocycles. The van der Waals surface area contributed by atoms with E-state index in [0.717, 1.165) is 42.1 Å². The van der Waals surface area contributed by atoms with E-state index in [9.17, 15) is 0 Å². The maximum atomic E-state index is 5.19. The van der Waals surface area contributed by atoms with Crippen LogP contribution in [0.1, 0.15) is 48.6 Å². The summed E-state index contributed by atoms with van der Waals surface area (Å²) in [5.41, 5.74) is 9.49. The number of rotatable bonds is 0. The van der Waals surface area contributed by atoms with Crippen LogP contribution in [0, 0.1) is 11.3 Å². The van der Waals surface area contributed by atoms with Crippen molar-refractivity contribution in [1.82, 2.24) is 9.97 Å². The van der Waals surface area contributed by atoms with E-state index in [0.29, 0.717) is 11.3 Å². The van der Waals surface area contributed by atoms with Crippen LogP contribution in [0.3, 0.4) is 0 Å². The first-order valence-corrected chi connectivity index (χ1v) is 9.53. The molecular formula is C23H22N2. The number of aryl methyl sites for hydroxylation is 2. The Kier molecular flexibility index (Phi) is 2.51. The van der Waals surface area contributed by atoms with Gasteiger partial charge < -0.3 is 0 Å². The zero-order valence-electron chi connectivity index (χ0n) is 14.8. The van der Waals surface area contributed by atoms with Gasteiger partial charge in [0.25, 0.3) is 0 Å². The summed E-state index contributed by atoms with van der Waals surface area (Å²) in [6.07, 6.45) is 4.69. The molecule has 25 heavy (non-hydrogen) atoms. The van der Waals surface area contributed by atoms with Gasteiger partial charge in [-0.2, -0.15) is 0 Å². The van der Waals surface area contributed by atoms with E-state index in [1.54, 1.807) is 0 Å². The van der Waals surface area contributed by atoms with Gasteiger partial charge in [-0.05, 0) is 71.8 Å². The minimum absolute atomic E-state index is 0.462. The van der Waals surface area contributed by atoms with Crippen molar-refractivity contribution in [2.45, 2.75) is 45.4 Å². The minimum atomic E-state index is 0.462. The first kappa shape index (κ1) is 14.0. The summed E-state index contributed by atoms with van der Waals surface area (Å²) < 4.78 is 0. The molecular weight excluding hydrogens is 304 g/mol. The molecule has 1 aromatic carbocycles. The summed E-state index contributed by atoms with van der Waals surface area (Å²) in [5.74, 6) is 1.52. The number of fused-ring (bicyclic) bond motifs is 4. The quantitative estimate of drug-likeness (QED) is 0.575. The van der Waals surface area contributed by atoms with E-state index >= 15 is 0 Å². The van der Waals surface area contributed by atoms with Crippen LogP contribution < -0.4 is 0 Å². The molecule has 0 aliphatic heterocycles. The van der Waals surface area contributed by atoms with Gasteiger partial charge in [-0.3, -0.25) is 4.98 Å². The van der Waals surface area contributed by atoms with Crippen molar-refractivity contribution in [3.63, 3.8) is 0 Å². The van der Waals surface area contributed by atoms with Crippen LogP contribution >= 0.6 is 0 Å². The average Bonchev–Trinajstić information content (AvgIpc) is 2.64. The zero-order valence-corrected chi connectivity index (χ0v) is 14.8. The van der Waals surface area contributed by atoms with Crippen molar-refractivity contribution in [2.75, 3.05) is 0 Å². The topological polar surface area (TPSA) is 25.8 Å². The fraction of sp³-hybridized carbons (Fsp3) is 0.391. The standard InChI is InChI=1S/C23H22N2/c1-23(2)16-11-18(23)17-10-15-8-7-14-9-13-5-3-4-6-19(13)24-21(14)22(15)25-20(17)12-16/h3-6,9-10,16,18H,7-8,11-12H2,1-2H3/t16-,18+/m0/s1. The Morgan fingerprint density at radius 1 is 0.960 bits per heavy atom. The van der Waals surface area contributed by atoms with Gasteiger partial charge in [0.05, 0.1) is 16.9 Å². The Hall–Kier alpha value is -2.22. The maximum Gasteiger partial charge on any atom is 0.0928 e. The average molecular weight is 326 g/mol. The lowest BCUT2D eigenvalue weighted by atomic mass is 9.48. The number of benzene rings is 1. The molecule has 2 heterocycles. The highest BCUT2D eigenvalue weighted by Crippen LogP contribution is 2.62. The van der Waals surface area contributed by atoms with Gasteiger partial charge in [-0.1, -0.05) is 38.1 Å². The summed E-state index contributed by atoms with van der Waals surface area (Å²) in [5, 5.41) is 1.24. The molecule has 2 bridgehead atoms. The summed E-state index contributed by atoms with van der Waals surface area (Å²) >= 11 is 0. The number of hydrogen-bond donors (Lipinski definition) is 0. The van der Waals surface area contributed by atoms with Crippen molar-refractivity contribution in [1.29, 1.82) is 0 Å². The third kappa shape index (κ3) is 1.75. The number of nitrogens with zero attached hydrogens (tertiary/aromatic N) is 2. The molecule has 1 fully saturated rings. The third-order valence-corrected chi connectivity index (χ3v) is 7.19. The van der Waals surface area contributed by atoms with Gasteiger partial charge >= 0.3 is 0 Å². The van der Waals surface area contributed by atoms with Crippen molar-refractivity contribution < 1.29 is 0 Å². The number of hydrogen-bond acceptors (Lipinski definition) is 2. The lowest BCUT2D eigenvalue weighted by molar-refractivity contribution is 0.0169. The molecule has 2 nitrogen and oxygen atoms in total. The summed E-state index contributed by atoms with van der Waals surface area (Å²) in [7, 11) is 0. The normalized spacial score (nSPS) is 24.9. The predicted molar refractivity (Wildman–Crippen MR) is 101 cm³/mol. The molecule has 3 aromatic rings. The highest BCUT2D eigenvalue weighted by atomic mass is 14.8. The van der Waals surface area contributed by atoms with Crippen LogP contribution in [-0.2, 0) is 19.3 Å². The molecule has 0 saturated heterocycles. The fourth-order valence-electron chi connectivity index (χ4n) is 5.42. The Balaban J connectivity index is 1.56. The maximum absolute atomic E-state index is 5.19. The molecule has 0 spiro atoms. The summed E-state index contributed by atoms with van der Waals surface area (Å²) in [4.78, 5) is 10.2. The van der Waals surface area contributed by atoms with Gasteiger partial charge in [0.2, 0.25) is 0 Å². The highest BCUT2D eigenvalue weighted by Gasteiger charge is 2.53. The van der Waals surface area contributed by atoms with Crippen LogP contribution in [0.15, 0.2) is 36.4 Å². The third-order valence-electron chi connectivity index (χ3n) is 7.19. The van der Waals surface area contributed by atoms with Crippen molar-refractivity contribution in [3.05, 3.63) is 58.8 Å². The molecule has 0 N–H and O–H groups in total. The second-order valence-electron chi connectivity index (χ2n) is 8.73. The van der Waals surface area contributed by atoms with Gasteiger partial charge in [0, 0.05) is 11.1 Å². The minimum Gasteiger partial charge on any atom is -0.251 e. The van der Waals surface area contributed by atoms with Crippen LogP contribution in [-0.4, -0.2) is 9.97 Å². The summed E-state index contributed by atoms with van der Waals surface area (Å²) in [6, 6.07) is 13.2. The second-order valence-corrected chi connectivity index (χ2v) is 8.73. The molecule has 1 saturated carbocycles. The second kappa shape index (κ2) is 4.49. The molecule has 4 aliphatic carbocycles. The Bertz CT molecular complexity index is 1050. The van der Waals surface area contributed by atoms with E-state index in [1.807, 2.05) is 0 Å². The molecule has 0 unspecified atom stereocenters. The molecule has 2 heteroatoms. The van der Waals surface area contributed by atoms with Gasteiger partial charge in [-0.15, -0.1) is 0 Å². The van der Waals surface area contributed by atoms with E-state index in [2.05, 4.69) is 50.2 Å². The molecule has 0 radical (unpaired) electrons. The lowest BCUT2D eigenvalue weighted by Crippen LogP contribution is -2.48. The van der Waals surface area contributed by atoms with E-state index in [-0.39, 0.29) is 0 Å². The lowest BCUT2D eigenvalue weighted by Gasteiger charge is -2.57. The van der Waals surface area contributed by atoms with Gasteiger partial charge in [0.1, 0.15) is 0 Å². The monoisotopic (exact) mass is 326 g/mol. The fourth-order valence-corrected chi connectivity index (χ4v) is 5.42. The number of para-hydroxylation sites is 1. The van der Waals surface area contributed by atoms with E-state index in [1.165, 1.54) is 34.2 Å². The van der Waals surface area contributed by atoms with Gasteiger partial charge in [0.15, 0.2) is 0 Å². The predicted octanol–water partition coefficient (Wildman–Crippen LogP) is 5.08. The Labute approximate surface area is 148 Å². The molecule has 4 aliphatic rings. The Morgan fingerprint density at radius 3 is 2.56 bits per heavy atom. The molecule has 7 rings (SSSR count). The van der Waals surface area contributed by atoms with Crippen LogP contribution in [0.4, 0.5) is 0 Å². The van der Waals surface area contributed by atoms with Crippen molar-refractivity contribution in [2.24, 2.45) is 11.3 Å². The summed E-state index contributed by atoms with van der Waals surface area (Å²) in [6.45, 7) is 4.88. The first-order valence-electron chi connectivity index (χ1n) is 9.53. The Morgan fingerprint density at radius 2 is 1.72 bits per heavy atom. The number of pyridine rings is 2. The van der Waals surface area contributed by atoms with Crippen LogP contribution in [0.2, 0.25) is 0 Å². The van der Waals surface area contributed by atoms with Crippen LogP contribution in [0.25, 0.3) is 22.3 Å². The van der Waals surface area contributed by atoms with E-state index in [4.69, 9.17) is 9.97 Å². The smallest absolute Gasteiger partial charge is 0.0928 e.